The Hall–Kier alpha value is -3.15. The Morgan fingerprint density at radius 3 is 2.21 bits per heavy atom. The van der Waals surface area contributed by atoms with E-state index in [9.17, 15) is 14.9 Å². The van der Waals surface area contributed by atoms with Gasteiger partial charge in [0, 0.05) is 24.2 Å². The summed E-state index contributed by atoms with van der Waals surface area (Å²) in [6.07, 6.45) is 1.09. The van der Waals surface area contributed by atoms with Gasteiger partial charge in [0.15, 0.2) is 0 Å². The molecular formula is C22H23N3O3. The van der Waals surface area contributed by atoms with Gasteiger partial charge in [0.05, 0.1) is 10.4 Å². The minimum absolute atomic E-state index is 0.344. The first-order chi connectivity index (χ1) is 13.5. The molecule has 1 saturated heterocycles. The summed E-state index contributed by atoms with van der Waals surface area (Å²) in [4.78, 5) is 26.9. The number of hydrogen-bond acceptors (Lipinski definition) is 4. The van der Waals surface area contributed by atoms with Crippen molar-refractivity contribution in [1.29, 1.82) is 0 Å². The topological polar surface area (TPSA) is 68.4 Å². The molecule has 0 amide bonds. The van der Waals surface area contributed by atoms with E-state index in [0.29, 0.717) is 41.8 Å². The van der Waals surface area contributed by atoms with Gasteiger partial charge in [-0.25, -0.2) is 0 Å². The minimum atomic E-state index is -0.587. The molecule has 2 heterocycles. The third-order valence-electron chi connectivity index (χ3n) is 5.41. The van der Waals surface area contributed by atoms with Crippen LogP contribution in [-0.2, 0) is 0 Å². The van der Waals surface area contributed by atoms with Crippen LogP contribution >= 0.6 is 0 Å². The van der Waals surface area contributed by atoms with Crippen LogP contribution in [0.5, 0.6) is 0 Å². The standard InChI is InChI=1S/C22H23N3O3/c1-15-12-16(2)14-23(13-15)20-18-10-6-7-11-19(18)24(17-8-4-3-5-9-17)22(26)21(20)25(27)28/h3-11,15-16H,12-14H2,1-2H3/t15-,16+. The van der Waals surface area contributed by atoms with Gasteiger partial charge in [-0.15, -0.1) is 0 Å². The lowest BCUT2D eigenvalue weighted by Crippen LogP contribution is -2.40. The number of fused-ring (bicyclic) bond motifs is 1. The molecule has 1 aromatic heterocycles. The van der Waals surface area contributed by atoms with Crippen LogP contribution in [0, 0.1) is 22.0 Å². The third-order valence-corrected chi connectivity index (χ3v) is 5.41. The maximum absolute atomic E-state index is 13.3. The first-order valence-corrected chi connectivity index (χ1v) is 9.60. The summed E-state index contributed by atoms with van der Waals surface area (Å²) in [5, 5.41) is 12.8. The van der Waals surface area contributed by atoms with E-state index in [1.165, 1.54) is 4.57 Å². The summed E-state index contributed by atoms with van der Waals surface area (Å²) in [6.45, 7) is 5.73. The van der Waals surface area contributed by atoms with Gasteiger partial charge in [0.2, 0.25) is 0 Å². The minimum Gasteiger partial charge on any atom is -0.365 e. The molecule has 1 aliphatic rings. The number of pyridine rings is 1. The molecule has 3 aromatic rings. The maximum Gasteiger partial charge on any atom is 0.358 e. The molecule has 0 unspecified atom stereocenters. The smallest absolute Gasteiger partial charge is 0.358 e. The molecule has 6 heteroatoms. The highest BCUT2D eigenvalue weighted by Crippen LogP contribution is 2.37. The van der Waals surface area contributed by atoms with E-state index in [2.05, 4.69) is 13.8 Å². The molecule has 0 bridgehead atoms. The van der Waals surface area contributed by atoms with E-state index in [1.54, 1.807) is 12.1 Å². The zero-order valence-electron chi connectivity index (χ0n) is 16.0. The molecule has 2 atom stereocenters. The quantitative estimate of drug-likeness (QED) is 0.502. The molecule has 0 N–H and O–H groups in total. The Balaban J connectivity index is 2.08. The van der Waals surface area contributed by atoms with E-state index < -0.39 is 10.5 Å². The second kappa shape index (κ2) is 7.11. The monoisotopic (exact) mass is 377 g/mol. The zero-order valence-corrected chi connectivity index (χ0v) is 16.0. The number of rotatable bonds is 3. The van der Waals surface area contributed by atoms with Crippen molar-refractivity contribution in [3.8, 4) is 5.69 Å². The van der Waals surface area contributed by atoms with E-state index in [4.69, 9.17) is 0 Å². The van der Waals surface area contributed by atoms with E-state index in [-0.39, 0.29) is 5.69 Å². The second-order valence-electron chi connectivity index (χ2n) is 7.80. The predicted molar refractivity (Wildman–Crippen MR) is 111 cm³/mol. The summed E-state index contributed by atoms with van der Waals surface area (Å²) >= 11 is 0. The highest BCUT2D eigenvalue weighted by molar-refractivity contribution is 5.97. The highest BCUT2D eigenvalue weighted by Gasteiger charge is 2.33. The van der Waals surface area contributed by atoms with Crippen LogP contribution in [0.4, 0.5) is 11.4 Å². The number of anilines is 1. The van der Waals surface area contributed by atoms with Gasteiger partial charge in [-0.05, 0) is 36.5 Å². The molecule has 28 heavy (non-hydrogen) atoms. The Labute approximate surface area is 163 Å². The first-order valence-electron chi connectivity index (χ1n) is 9.60. The normalized spacial score (nSPS) is 19.7. The number of nitrogens with zero attached hydrogens (tertiary/aromatic N) is 3. The summed E-state index contributed by atoms with van der Waals surface area (Å²) in [5.74, 6) is 0.831. The Morgan fingerprint density at radius 1 is 0.964 bits per heavy atom. The molecule has 0 spiro atoms. The van der Waals surface area contributed by atoms with E-state index in [0.717, 1.165) is 11.8 Å². The van der Waals surface area contributed by atoms with Crippen LogP contribution in [-0.4, -0.2) is 22.6 Å². The molecule has 0 saturated carbocycles. The Kier molecular flexibility index (Phi) is 4.63. The van der Waals surface area contributed by atoms with Crippen LogP contribution in [0.25, 0.3) is 16.6 Å². The lowest BCUT2D eigenvalue weighted by molar-refractivity contribution is -0.385. The largest absolute Gasteiger partial charge is 0.365 e. The number of hydrogen-bond donors (Lipinski definition) is 0. The first kappa shape index (κ1) is 18.2. The summed E-state index contributed by atoms with van der Waals surface area (Å²) < 4.78 is 1.45. The van der Waals surface area contributed by atoms with Gasteiger partial charge in [-0.1, -0.05) is 50.2 Å². The number of para-hydroxylation sites is 2. The number of piperidine rings is 1. The molecule has 2 aromatic carbocycles. The number of nitro groups is 1. The van der Waals surface area contributed by atoms with Gasteiger partial charge in [0.1, 0.15) is 5.69 Å². The lowest BCUT2D eigenvalue weighted by Gasteiger charge is -2.36. The summed E-state index contributed by atoms with van der Waals surface area (Å²) in [5.41, 5.74) is 0.833. The van der Waals surface area contributed by atoms with Crippen LogP contribution in [0.2, 0.25) is 0 Å². The average Bonchev–Trinajstić information content (AvgIpc) is 2.66. The Bertz CT molecular complexity index is 1080. The zero-order chi connectivity index (χ0) is 19.8. The molecule has 4 rings (SSSR count). The van der Waals surface area contributed by atoms with Crippen molar-refractivity contribution in [3.63, 3.8) is 0 Å². The molecule has 6 nitrogen and oxygen atoms in total. The molecule has 0 radical (unpaired) electrons. The van der Waals surface area contributed by atoms with Gasteiger partial charge in [0.25, 0.3) is 0 Å². The van der Waals surface area contributed by atoms with Crippen molar-refractivity contribution in [3.05, 3.63) is 75.1 Å². The Morgan fingerprint density at radius 2 is 1.57 bits per heavy atom. The fraction of sp³-hybridized carbons (Fsp3) is 0.318. The highest BCUT2D eigenvalue weighted by atomic mass is 16.6. The molecule has 0 aliphatic carbocycles. The SMILES string of the molecule is C[C@@H]1C[C@H](C)CN(c2c([N+](=O)[O-])c(=O)n(-c3ccccc3)c3ccccc23)C1. The summed E-state index contributed by atoms with van der Waals surface area (Å²) in [6, 6.07) is 16.5. The van der Waals surface area contributed by atoms with Crippen LogP contribution < -0.4 is 10.5 Å². The maximum atomic E-state index is 13.3. The van der Waals surface area contributed by atoms with Crippen LogP contribution in [0.3, 0.4) is 0 Å². The molecular weight excluding hydrogens is 354 g/mol. The van der Waals surface area contributed by atoms with Crippen LogP contribution in [0.15, 0.2) is 59.4 Å². The second-order valence-corrected chi connectivity index (χ2v) is 7.80. The van der Waals surface area contributed by atoms with E-state index >= 15 is 0 Å². The van der Waals surface area contributed by atoms with Gasteiger partial charge >= 0.3 is 11.2 Å². The number of aromatic nitrogens is 1. The van der Waals surface area contributed by atoms with Crippen molar-refractivity contribution in [2.24, 2.45) is 11.8 Å². The average molecular weight is 377 g/mol. The third kappa shape index (κ3) is 3.05. The van der Waals surface area contributed by atoms with E-state index in [1.807, 2.05) is 47.4 Å². The van der Waals surface area contributed by atoms with Crippen molar-refractivity contribution >= 4 is 22.3 Å². The molecule has 144 valence electrons. The number of benzene rings is 2. The van der Waals surface area contributed by atoms with Crippen molar-refractivity contribution in [1.82, 2.24) is 4.57 Å². The summed E-state index contributed by atoms with van der Waals surface area (Å²) in [7, 11) is 0. The van der Waals surface area contributed by atoms with Crippen molar-refractivity contribution in [2.75, 3.05) is 18.0 Å². The fourth-order valence-corrected chi connectivity index (χ4v) is 4.48. The van der Waals surface area contributed by atoms with Crippen LogP contribution in [0.1, 0.15) is 20.3 Å². The molecule has 1 fully saturated rings. The lowest BCUT2D eigenvalue weighted by atomic mass is 9.91. The van der Waals surface area contributed by atoms with Gasteiger partial charge < -0.3 is 4.90 Å². The molecule has 1 aliphatic heterocycles. The van der Waals surface area contributed by atoms with Crippen molar-refractivity contribution < 1.29 is 4.92 Å². The van der Waals surface area contributed by atoms with Crippen molar-refractivity contribution in [2.45, 2.75) is 20.3 Å². The van der Waals surface area contributed by atoms with Gasteiger partial charge in [-0.2, -0.15) is 0 Å². The van der Waals surface area contributed by atoms with Gasteiger partial charge in [-0.3, -0.25) is 19.5 Å². The fourth-order valence-electron chi connectivity index (χ4n) is 4.48. The predicted octanol–water partition coefficient (Wildman–Crippen LogP) is 4.38.